The fourth-order valence-electron chi connectivity index (χ4n) is 2.67. The molecular formula is C14H15FN2O. The smallest absolute Gasteiger partial charge is 0.123 e. The van der Waals surface area contributed by atoms with E-state index in [1.54, 1.807) is 12.3 Å². The van der Waals surface area contributed by atoms with E-state index in [1.807, 2.05) is 6.07 Å². The lowest BCUT2D eigenvalue weighted by atomic mass is 9.86. The van der Waals surface area contributed by atoms with Crippen LogP contribution in [0.1, 0.15) is 17.9 Å². The normalized spacial score (nSPS) is 24.3. The molecule has 0 bridgehead atoms. The standard InChI is InChI=1S/C14H15FN2O/c15-9-1-2-13-12(7-9)10(4-6-17-13)11-3-5-16-8-14(11)18/h1-2,4,6-7,11,14,16,18H,3,5,8H2/t11-,14+/m0/s1. The van der Waals surface area contributed by atoms with E-state index in [0.717, 1.165) is 29.4 Å². The summed E-state index contributed by atoms with van der Waals surface area (Å²) < 4.78 is 13.4. The van der Waals surface area contributed by atoms with Crippen molar-refractivity contribution in [3.63, 3.8) is 0 Å². The lowest BCUT2D eigenvalue weighted by Crippen LogP contribution is -2.39. The molecule has 0 radical (unpaired) electrons. The Morgan fingerprint density at radius 1 is 1.33 bits per heavy atom. The summed E-state index contributed by atoms with van der Waals surface area (Å²) in [6, 6.07) is 6.49. The third kappa shape index (κ3) is 1.98. The van der Waals surface area contributed by atoms with Crippen molar-refractivity contribution in [3.05, 3.63) is 41.8 Å². The minimum atomic E-state index is -0.424. The van der Waals surface area contributed by atoms with Crippen molar-refractivity contribution in [2.75, 3.05) is 13.1 Å². The number of hydrogen-bond acceptors (Lipinski definition) is 3. The Bertz CT molecular complexity index is 573. The monoisotopic (exact) mass is 246 g/mol. The molecule has 1 aliphatic heterocycles. The van der Waals surface area contributed by atoms with E-state index in [1.165, 1.54) is 12.1 Å². The van der Waals surface area contributed by atoms with Crippen molar-refractivity contribution in [1.29, 1.82) is 0 Å². The number of rotatable bonds is 1. The maximum Gasteiger partial charge on any atom is 0.123 e. The van der Waals surface area contributed by atoms with Crippen LogP contribution in [-0.4, -0.2) is 29.3 Å². The average Bonchev–Trinajstić information content (AvgIpc) is 2.39. The number of benzene rings is 1. The molecule has 3 nitrogen and oxygen atoms in total. The molecule has 2 aromatic rings. The fourth-order valence-corrected chi connectivity index (χ4v) is 2.67. The lowest BCUT2D eigenvalue weighted by Gasteiger charge is -2.29. The van der Waals surface area contributed by atoms with Crippen LogP contribution in [0.4, 0.5) is 4.39 Å². The Kier molecular flexibility index (Phi) is 2.97. The largest absolute Gasteiger partial charge is 0.391 e. The summed E-state index contributed by atoms with van der Waals surface area (Å²) in [5.74, 6) is -0.210. The first-order valence-corrected chi connectivity index (χ1v) is 6.18. The number of nitrogens with zero attached hydrogens (tertiary/aromatic N) is 1. The number of nitrogens with one attached hydrogen (secondary N) is 1. The summed E-state index contributed by atoms with van der Waals surface area (Å²) in [7, 11) is 0. The first-order valence-electron chi connectivity index (χ1n) is 6.18. The fraction of sp³-hybridized carbons (Fsp3) is 0.357. The third-order valence-electron chi connectivity index (χ3n) is 3.59. The molecule has 2 heterocycles. The zero-order valence-corrected chi connectivity index (χ0v) is 9.94. The Balaban J connectivity index is 2.12. The van der Waals surface area contributed by atoms with Crippen LogP contribution in [-0.2, 0) is 0 Å². The van der Waals surface area contributed by atoms with Crippen molar-refractivity contribution < 1.29 is 9.50 Å². The second-order valence-electron chi connectivity index (χ2n) is 4.73. The van der Waals surface area contributed by atoms with E-state index < -0.39 is 6.10 Å². The molecule has 4 heteroatoms. The first-order chi connectivity index (χ1) is 8.75. The third-order valence-corrected chi connectivity index (χ3v) is 3.59. The molecular weight excluding hydrogens is 231 g/mol. The van der Waals surface area contributed by atoms with Crippen molar-refractivity contribution in [2.24, 2.45) is 0 Å². The minimum Gasteiger partial charge on any atom is -0.391 e. The lowest BCUT2D eigenvalue weighted by molar-refractivity contribution is 0.119. The number of aliphatic hydroxyl groups is 1. The number of β-amino-alcohol motifs (C(OH)–C–C–N with tert-alkyl or cyclic N) is 1. The Morgan fingerprint density at radius 2 is 2.22 bits per heavy atom. The SMILES string of the molecule is O[C@@H]1CNCC[C@H]1c1ccnc2ccc(F)cc12. The van der Waals surface area contributed by atoms with E-state index in [-0.39, 0.29) is 11.7 Å². The van der Waals surface area contributed by atoms with Gasteiger partial charge in [-0.1, -0.05) is 0 Å². The van der Waals surface area contributed by atoms with Gasteiger partial charge in [0.2, 0.25) is 0 Å². The molecule has 3 rings (SSSR count). The van der Waals surface area contributed by atoms with Gasteiger partial charge in [-0.05, 0) is 42.8 Å². The van der Waals surface area contributed by atoms with Gasteiger partial charge in [0, 0.05) is 24.0 Å². The van der Waals surface area contributed by atoms with Gasteiger partial charge in [0.25, 0.3) is 0 Å². The number of piperidine rings is 1. The highest BCUT2D eigenvalue weighted by Gasteiger charge is 2.25. The number of aliphatic hydroxyl groups excluding tert-OH is 1. The van der Waals surface area contributed by atoms with Crippen LogP contribution >= 0.6 is 0 Å². The van der Waals surface area contributed by atoms with E-state index in [0.29, 0.717) is 6.54 Å². The van der Waals surface area contributed by atoms with Gasteiger partial charge in [-0.15, -0.1) is 0 Å². The van der Waals surface area contributed by atoms with Crippen LogP contribution in [0.15, 0.2) is 30.5 Å². The molecule has 1 aliphatic rings. The van der Waals surface area contributed by atoms with Gasteiger partial charge >= 0.3 is 0 Å². The first kappa shape index (κ1) is 11.6. The molecule has 0 unspecified atom stereocenters. The Morgan fingerprint density at radius 3 is 3.06 bits per heavy atom. The zero-order valence-electron chi connectivity index (χ0n) is 9.94. The summed E-state index contributed by atoms with van der Waals surface area (Å²) >= 11 is 0. The van der Waals surface area contributed by atoms with Crippen LogP contribution in [0.25, 0.3) is 10.9 Å². The zero-order chi connectivity index (χ0) is 12.5. The van der Waals surface area contributed by atoms with E-state index in [2.05, 4.69) is 10.3 Å². The molecule has 1 aromatic carbocycles. The number of pyridine rings is 1. The van der Waals surface area contributed by atoms with Gasteiger partial charge in [0.05, 0.1) is 11.6 Å². The van der Waals surface area contributed by atoms with Gasteiger partial charge < -0.3 is 10.4 Å². The molecule has 1 saturated heterocycles. The predicted molar refractivity (Wildman–Crippen MR) is 67.9 cm³/mol. The predicted octanol–water partition coefficient (Wildman–Crippen LogP) is 1.81. The van der Waals surface area contributed by atoms with Gasteiger partial charge in [-0.25, -0.2) is 4.39 Å². The van der Waals surface area contributed by atoms with Crippen molar-refractivity contribution in [2.45, 2.75) is 18.4 Å². The molecule has 1 fully saturated rings. The van der Waals surface area contributed by atoms with Gasteiger partial charge in [0.15, 0.2) is 0 Å². The van der Waals surface area contributed by atoms with Crippen LogP contribution < -0.4 is 5.32 Å². The average molecular weight is 246 g/mol. The number of aromatic nitrogens is 1. The molecule has 94 valence electrons. The van der Waals surface area contributed by atoms with Gasteiger partial charge in [-0.3, -0.25) is 4.98 Å². The van der Waals surface area contributed by atoms with Crippen LogP contribution in [0.3, 0.4) is 0 Å². The van der Waals surface area contributed by atoms with Crippen LogP contribution in [0.5, 0.6) is 0 Å². The summed E-state index contributed by atoms with van der Waals surface area (Å²) in [6.45, 7) is 1.46. The van der Waals surface area contributed by atoms with E-state index in [9.17, 15) is 9.50 Å². The molecule has 0 amide bonds. The summed E-state index contributed by atoms with van der Waals surface area (Å²) in [5, 5.41) is 14.0. The number of halogens is 1. The number of fused-ring (bicyclic) bond motifs is 1. The summed E-state index contributed by atoms with van der Waals surface area (Å²) in [4.78, 5) is 4.24. The minimum absolute atomic E-state index is 0.0542. The molecule has 2 N–H and O–H groups in total. The molecule has 0 saturated carbocycles. The maximum atomic E-state index is 13.4. The highest BCUT2D eigenvalue weighted by molar-refractivity contribution is 5.82. The van der Waals surface area contributed by atoms with Crippen LogP contribution in [0, 0.1) is 5.82 Å². The van der Waals surface area contributed by atoms with Crippen molar-refractivity contribution in [1.82, 2.24) is 10.3 Å². The van der Waals surface area contributed by atoms with Crippen LogP contribution in [0.2, 0.25) is 0 Å². The van der Waals surface area contributed by atoms with Gasteiger partial charge in [-0.2, -0.15) is 0 Å². The Hall–Kier alpha value is -1.52. The number of hydrogen-bond donors (Lipinski definition) is 2. The molecule has 18 heavy (non-hydrogen) atoms. The summed E-state index contributed by atoms with van der Waals surface area (Å²) in [5.41, 5.74) is 1.77. The van der Waals surface area contributed by atoms with Crippen molar-refractivity contribution in [3.8, 4) is 0 Å². The topological polar surface area (TPSA) is 45.1 Å². The Labute approximate surface area is 105 Å². The maximum absolute atomic E-state index is 13.4. The highest BCUT2D eigenvalue weighted by Crippen LogP contribution is 2.31. The molecule has 0 aliphatic carbocycles. The van der Waals surface area contributed by atoms with Crippen molar-refractivity contribution >= 4 is 10.9 Å². The molecule has 2 atom stereocenters. The van der Waals surface area contributed by atoms with E-state index >= 15 is 0 Å². The highest BCUT2D eigenvalue weighted by atomic mass is 19.1. The quantitative estimate of drug-likeness (QED) is 0.806. The second-order valence-corrected chi connectivity index (χ2v) is 4.73. The summed E-state index contributed by atoms with van der Waals surface area (Å²) in [6.07, 6.45) is 2.16. The van der Waals surface area contributed by atoms with E-state index in [4.69, 9.17) is 0 Å². The van der Waals surface area contributed by atoms with Gasteiger partial charge in [0.1, 0.15) is 5.82 Å². The molecule has 1 aromatic heterocycles. The second kappa shape index (κ2) is 4.63. The molecule has 0 spiro atoms.